The number of nitrogens with two attached hydrogens (primary N) is 1. The van der Waals surface area contributed by atoms with Crippen molar-refractivity contribution in [1.29, 1.82) is 0 Å². The number of hydrogen-bond acceptors (Lipinski definition) is 9. The van der Waals surface area contributed by atoms with Crippen LogP contribution in [0.25, 0.3) is 11.0 Å². The van der Waals surface area contributed by atoms with Crippen LogP contribution in [0.4, 0.5) is 14.9 Å². The number of nitrogens with zero attached hydrogens (tertiary/aromatic N) is 1. The van der Waals surface area contributed by atoms with E-state index in [4.69, 9.17) is 24.4 Å². The minimum atomic E-state index is -1.20. The quantitative estimate of drug-likeness (QED) is 0.220. The van der Waals surface area contributed by atoms with E-state index in [1.807, 2.05) is 0 Å². The molecule has 0 radical (unpaired) electrons. The molecule has 3 fully saturated rings. The van der Waals surface area contributed by atoms with Gasteiger partial charge in [-0.25, -0.2) is 14.0 Å². The largest absolute Gasteiger partial charge is 0.511 e. The van der Waals surface area contributed by atoms with Crippen LogP contribution in [-0.2, 0) is 23.8 Å². The summed E-state index contributed by atoms with van der Waals surface area (Å²) >= 11 is 0. The van der Waals surface area contributed by atoms with Gasteiger partial charge in [-0.05, 0) is 88.0 Å². The Balaban J connectivity index is 1.27. The molecule has 0 spiro atoms. The molecule has 2 amide bonds. The molecular formula is C35H48FN3O8. The van der Waals surface area contributed by atoms with Crippen LogP contribution in [0.1, 0.15) is 95.5 Å². The van der Waals surface area contributed by atoms with Gasteiger partial charge >= 0.3 is 12.1 Å². The van der Waals surface area contributed by atoms with Crippen LogP contribution >= 0.6 is 0 Å². The summed E-state index contributed by atoms with van der Waals surface area (Å²) < 4.78 is 33.8. The number of hydrogen-bond donors (Lipinski definition) is 2. The zero-order valence-electron chi connectivity index (χ0n) is 27.6. The van der Waals surface area contributed by atoms with Gasteiger partial charge in [-0.1, -0.05) is 32.1 Å². The Labute approximate surface area is 275 Å². The smallest absolute Gasteiger partial charge is 0.449 e. The second-order valence-electron chi connectivity index (χ2n) is 13.6. The molecule has 47 heavy (non-hydrogen) atoms. The van der Waals surface area contributed by atoms with Crippen LogP contribution in [0.5, 0.6) is 0 Å². The number of esters is 1. The summed E-state index contributed by atoms with van der Waals surface area (Å²) in [6.07, 6.45) is 6.59. The second kappa shape index (κ2) is 15.5. The molecule has 0 bridgehead atoms. The molecular weight excluding hydrogens is 609 g/mol. The molecule has 258 valence electrons. The van der Waals surface area contributed by atoms with Gasteiger partial charge in [0.2, 0.25) is 23.9 Å². The Morgan fingerprint density at radius 3 is 2.36 bits per heavy atom. The van der Waals surface area contributed by atoms with Crippen molar-refractivity contribution in [3.05, 3.63) is 30.0 Å². The summed E-state index contributed by atoms with van der Waals surface area (Å²) in [5.41, 5.74) is 6.87. The number of anilines is 1. The number of nitrogens with one attached hydrogen (secondary N) is 1. The van der Waals surface area contributed by atoms with Gasteiger partial charge in [-0.2, -0.15) is 0 Å². The average Bonchev–Trinajstić information content (AvgIpc) is 3.69. The number of halogens is 1. The molecule has 11 nitrogen and oxygen atoms in total. The molecule has 2 unspecified atom stereocenters. The number of carbonyl (C=O) groups is 4. The highest BCUT2D eigenvalue weighted by atomic mass is 19.1. The van der Waals surface area contributed by atoms with Crippen LogP contribution in [0, 0.1) is 23.7 Å². The van der Waals surface area contributed by atoms with Crippen LogP contribution in [0.2, 0.25) is 0 Å². The van der Waals surface area contributed by atoms with E-state index in [9.17, 15) is 23.6 Å². The molecule has 1 aromatic carbocycles. The minimum absolute atomic E-state index is 0.0137. The molecule has 2 saturated carbocycles. The van der Waals surface area contributed by atoms with E-state index < -0.39 is 37.2 Å². The van der Waals surface area contributed by atoms with E-state index in [0.717, 1.165) is 44.9 Å². The minimum Gasteiger partial charge on any atom is -0.449 e. The highest BCUT2D eigenvalue weighted by molar-refractivity contribution is 6.00. The van der Waals surface area contributed by atoms with Gasteiger partial charge < -0.3 is 34.6 Å². The maximum Gasteiger partial charge on any atom is 0.511 e. The average molecular weight is 658 g/mol. The lowest BCUT2D eigenvalue weighted by Gasteiger charge is -2.36. The van der Waals surface area contributed by atoms with Crippen molar-refractivity contribution in [2.24, 2.45) is 29.4 Å². The summed E-state index contributed by atoms with van der Waals surface area (Å²) in [6.45, 7) is 4.72. The Morgan fingerprint density at radius 2 is 1.68 bits per heavy atom. The van der Waals surface area contributed by atoms with Crippen molar-refractivity contribution in [2.75, 3.05) is 18.5 Å². The number of benzene rings is 1. The van der Waals surface area contributed by atoms with Crippen molar-refractivity contribution < 1.29 is 42.2 Å². The van der Waals surface area contributed by atoms with Crippen LogP contribution < -0.4 is 11.1 Å². The van der Waals surface area contributed by atoms with Gasteiger partial charge in [0.15, 0.2) is 0 Å². The first-order valence-corrected chi connectivity index (χ1v) is 17.1. The lowest BCUT2D eigenvalue weighted by molar-refractivity contribution is -0.142. The molecule has 12 heteroatoms. The number of alkyl halides is 1. The molecule has 3 aliphatic rings. The van der Waals surface area contributed by atoms with Crippen molar-refractivity contribution in [3.8, 4) is 0 Å². The van der Waals surface area contributed by atoms with Gasteiger partial charge in [0, 0.05) is 36.5 Å². The molecule has 2 aliphatic carbocycles. The van der Waals surface area contributed by atoms with Crippen LogP contribution in [0.3, 0.4) is 0 Å². The molecule has 2 aromatic rings. The number of carbonyl (C=O) groups excluding carboxylic acids is 4. The Kier molecular flexibility index (Phi) is 11.4. The van der Waals surface area contributed by atoms with E-state index in [2.05, 4.69) is 5.32 Å². The SMILES string of the molecule is CC(C)OC(=O)OC(C)OC(=O)c1cc2cc(NC(=O)[C@@H]3[C@H](C4CCCCC4)CCN3C(=O)[C@H]3CC[C@H](C(N)CF)CC3)ccc2o1. The van der Waals surface area contributed by atoms with Gasteiger partial charge in [0.05, 0.1) is 6.10 Å². The molecule has 1 aliphatic heterocycles. The highest BCUT2D eigenvalue weighted by Gasteiger charge is 2.47. The normalized spacial score (nSPS) is 24.9. The van der Waals surface area contributed by atoms with Crippen molar-refractivity contribution in [1.82, 2.24) is 4.90 Å². The maximum absolute atomic E-state index is 14.1. The van der Waals surface area contributed by atoms with Crippen molar-refractivity contribution in [3.63, 3.8) is 0 Å². The predicted octanol–water partition coefficient (Wildman–Crippen LogP) is 6.34. The monoisotopic (exact) mass is 657 g/mol. The number of amides is 2. The first-order chi connectivity index (χ1) is 22.5. The van der Waals surface area contributed by atoms with E-state index in [1.54, 1.807) is 36.9 Å². The van der Waals surface area contributed by atoms with E-state index in [-0.39, 0.29) is 41.4 Å². The summed E-state index contributed by atoms with van der Waals surface area (Å²) in [7, 11) is 0. The van der Waals surface area contributed by atoms with Gasteiger partial charge in [0.25, 0.3) is 0 Å². The zero-order valence-corrected chi connectivity index (χ0v) is 27.6. The summed E-state index contributed by atoms with van der Waals surface area (Å²) in [5.74, 6) is -0.761. The Bertz CT molecular complexity index is 1410. The number of fused-ring (bicyclic) bond motifs is 1. The fourth-order valence-electron chi connectivity index (χ4n) is 7.64. The molecule has 4 atom stereocenters. The van der Waals surface area contributed by atoms with Gasteiger partial charge in [-0.15, -0.1) is 0 Å². The lowest BCUT2D eigenvalue weighted by Crippen LogP contribution is -2.50. The molecule has 5 rings (SSSR count). The fraction of sp³-hybridized carbons (Fsp3) is 0.657. The summed E-state index contributed by atoms with van der Waals surface area (Å²) in [5, 5.41) is 3.61. The lowest BCUT2D eigenvalue weighted by atomic mass is 9.76. The summed E-state index contributed by atoms with van der Waals surface area (Å²) in [6, 6.07) is 5.48. The Morgan fingerprint density at radius 1 is 0.957 bits per heavy atom. The topological polar surface area (TPSA) is 150 Å². The standard InChI is InChI=1S/C35H48FN3O8/c1-20(2)44-35(43)46-21(3)45-34(42)30-18-25-17-26(13-14-29(25)47-30)38-32(40)31-27(22-7-5-4-6-8-22)15-16-39(31)33(41)24-11-9-23(10-12-24)28(37)19-36/h13-14,17-18,20-24,27-28,31H,4-12,15-16,19,37H2,1-3H3,(H,38,40)/t21?,23-,24-,27-,28?,31-/m0/s1. The number of furan rings is 1. The number of rotatable bonds is 10. The van der Waals surface area contributed by atoms with E-state index in [0.29, 0.717) is 42.0 Å². The van der Waals surface area contributed by atoms with Gasteiger partial charge in [-0.3, -0.25) is 9.59 Å². The van der Waals surface area contributed by atoms with Crippen LogP contribution in [-0.4, -0.2) is 66.5 Å². The van der Waals surface area contributed by atoms with E-state index in [1.165, 1.54) is 19.4 Å². The molecule has 1 saturated heterocycles. The third-order valence-electron chi connectivity index (χ3n) is 10.0. The van der Waals surface area contributed by atoms with Crippen LogP contribution in [0.15, 0.2) is 28.7 Å². The third-order valence-corrected chi connectivity index (χ3v) is 10.0. The third kappa shape index (κ3) is 8.44. The molecule has 3 N–H and O–H groups in total. The van der Waals surface area contributed by atoms with Crippen molar-refractivity contribution in [2.45, 2.75) is 109 Å². The zero-order chi connectivity index (χ0) is 33.7. The van der Waals surface area contributed by atoms with E-state index >= 15 is 0 Å². The molecule has 2 heterocycles. The molecule has 1 aromatic heterocycles. The Hall–Kier alpha value is -3.67. The van der Waals surface area contributed by atoms with Crippen molar-refractivity contribution >= 4 is 40.6 Å². The first kappa shape index (κ1) is 34.7. The maximum atomic E-state index is 14.1. The van der Waals surface area contributed by atoms with Gasteiger partial charge in [0.1, 0.15) is 18.3 Å². The fourth-order valence-corrected chi connectivity index (χ4v) is 7.64. The number of ether oxygens (including phenoxy) is 3. The highest BCUT2D eigenvalue weighted by Crippen LogP contribution is 2.41. The predicted molar refractivity (Wildman–Crippen MR) is 172 cm³/mol. The number of likely N-dealkylation sites (tertiary alicyclic amines) is 1. The second-order valence-corrected chi connectivity index (χ2v) is 13.6. The summed E-state index contributed by atoms with van der Waals surface area (Å²) in [4.78, 5) is 54.2. The first-order valence-electron chi connectivity index (χ1n) is 17.1.